The Morgan fingerprint density at radius 2 is 2.05 bits per heavy atom. The first-order chi connectivity index (χ1) is 10.7. The zero-order valence-corrected chi connectivity index (χ0v) is 12.9. The molecule has 2 atom stereocenters. The second kappa shape index (κ2) is 6.48. The van der Waals surface area contributed by atoms with E-state index in [9.17, 15) is 9.59 Å². The lowest BCUT2D eigenvalue weighted by Crippen LogP contribution is -2.56. The second-order valence-electron chi connectivity index (χ2n) is 6.24. The molecule has 1 aromatic carbocycles. The molecule has 2 heterocycles. The molecule has 2 unspecified atom stereocenters. The van der Waals surface area contributed by atoms with E-state index in [1.165, 1.54) is 0 Å². The summed E-state index contributed by atoms with van der Waals surface area (Å²) in [6, 6.07) is 9.27. The summed E-state index contributed by atoms with van der Waals surface area (Å²) >= 11 is 0. The molecule has 0 saturated carbocycles. The smallest absolute Gasteiger partial charge is 0.249 e. The van der Waals surface area contributed by atoms with E-state index in [4.69, 9.17) is 0 Å². The van der Waals surface area contributed by atoms with Gasteiger partial charge in [-0.15, -0.1) is 0 Å². The minimum Gasteiger partial charge on any atom is -0.344 e. The van der Waals surface area contributed by atoms with Crippen molar-refractivity contribution in [1.82, 2.24) is 10.6 Å². The first kappa shape index (κ1) is 15.0. The molecule has 0 bridgehead atoms. The molecule has 2 aliphatic heterocycles. The van der Waals surface area contributed by atoms with Crippen molar-refractivity contribution in [2.24, 2.45) is 11.8 Å². The van der Waals surface area contributed by atoms with Gasteiger partial charge >= 0.3 is 0 Å². The summed E-state index contributed by atoms with van der Waals surface area (Å²) < 4.78 is 0. The summed E-state index contributed by atoms with van der Waals surface area (Å²) in [7, 11) is 0. The highest BCUT2D eigenvalue weighted by atomic mass is 16.2. The van der Waals surface area contributed by atoms with Crippen LogP contribution >= 0.6 is 0 Å². The van der Waals surface area contributed by atoms with Crippen LogP contribution in [-0.4, -0.2) is 37.5 Å². The van der Waals surface area contributed by atoms with Crippen molar-refractivity contribution in [3.05, 3.63) is 30.3 Å². The van der Waals surface area contributed by atoms with Crippen molar-refractivity contribution in [3.63, 3.8) is 0 Å². The number of piperidine rings is 1. The molecule has 0 radical (unpaired) electrons. The third-order valence-corrected chi connectivity index (χ3v) is 4.76. The number of carbonyl (C=O) groups is 2. The second-order valence-corrected chi connectivity index (χ2v) is 6.24. The van der Waals surface area contributed by atoms with Gasteiger partial charge < -0.3 is 15.5 Å². The minimum atomic E-state index is -0.392. The lowest BCUT2D eigenvalue weighted by molar-refractivity contribution is -0.132. The first-order valence-electron chi connectivity index (χ1n) is 8.04. The predicted molar refractivity (Wildman–Crippen MR) is 85.5 cm³/mol. The van der Waals surface area contributed by atoms with Gasteiger partial charge in [0.2, 0.25) is 11.8 Å². The summed E-state index contributed by atoms with van der Waals surface area (Å²) in [5, 5.41) is 6.14. The molecule has 0 aromatic heterocycles. The molecule has 2 aliphatic rings. The number of benzene rings is 1. The Kier molecular flexibility index (Phi) is 4.43. The van der Waals surface area contributed by atoms with Crippen molar-refractivity contribution in [2.45, 2.75) is 25.8 Å². The monoisotopic (exact) mass is 301 g/mol. The molecular formula is C17H23N3O2. The van der Waals surface area contributed by atoms with Crippen molar-refractivity contribution < 1.29 is 9.59 Å². The van der Waals surface area contributed by atoms with Gasteiger partial charge in [0.25, 0.3) is 0 Å². The lowest BCUT2D eigenvalue weighted by Gasteiger charge is -2.35. The van der Waals surface area contributed by atoms with Crippen molar-refractivity contribution in [2.75, 3.05) is 24.5 Å². The van der Waals surface area contributed by atoms with E-state index in [0.717, 1.165) is 38.2 Å². The highest BCUT2D eigenvalue weighted by Crippen LogP contribution is 2.22. The van der Waals surface area contributed by atoms with E-state index >= 15 is 0 Å². The van der Waals surface area contributed by atoms with Gasteiger partial charge in [0.05, 0.1) is 0 Å². The number of anilines is 1. The summed E-state index contributed by atoms with van der Waals surface area (Å²) in [6.07, 6.45) is 1.63. The molecular weight excluding hydrogens is 278 g/mol. The van der Waals surface area contributed by atoms with Crippen LogP contribution in [0.15, 0.2) is 30.3 Å². The van der Waals surface area contributed by atoms with Gasteiger partial charge in [-0.25, -0.2) is 0 Å². The zero-order valence-electron chi connectivity index (χ0n) is 12.9. The van der Waals surface area contributed by atoms with Crippen molar-refractivity contribution in [3.8, 4) is 0 Å². The van der Waals surface area contributed by atoms with E-state index in [1.54, 1.807) is 4.90 Å². The van der Waals surface area contributed by atoms with Gasteiger partial charge in [0, 0.05) is 18.2 Å². The minimum absolute atomic E-state index is 0.000221. The quantitative estimate of drug-likeness (QED) is 0.877. The number of hydrogen-bond donors (Lipinski definition) is 2. The number of amides is 2. The fourth-order valence-corrected chi connectivity index (χ4v) is 3.06. The molecule has 2 N–H and O–H groups in total. The van der Waals surface area contributed by atoms with Crippen LogP contribution in [0.3, 0.4) is 0 Å². The number of hydrogen-bond acceptors (Lipinski definition) is 3. The molecule has 2 amide bonds. The van der Waals surface area contributed by atoms with Gasteiger partial charge in [0.15, 0.2) is 0 Å². The highest BCUT2D eigenvalue weighted by molar-refractivity contribution is 6.00. The number of nitrogens with one attached hydrogen (secondary N) is 2. The first-order valence-corrected chi connectivity index (χ1v) is 8.04. The standard InChI is InChI=1S/C17H23N3O2/c1-12(13-10-18-11-13)16(21)19-15-8-5-9-20(17(15)22)14-6-3-2-4-7-14/h2-4,6-7,12-13,15,18H,5,8-11H2,1H3,(H,19,21). The summed E-state index contributed by atoms with van der Waals surface area (Å²) in [6.45, 7) is 4.45. The van der Waals surface area contributed by atoms with Crippen LogP contribution in [0.25, 0.3) is 0 Å². The van der Waals surface area contributed by atoms with Gasteiger partial charge in [-0.2, -0.15) is 0 Å². The van der Waals surface area contributed by atoms with E-state index in [1.807, 2.05) is 37.3 Å². The van der Waals surface area contributed by atoms with Crippen LogP contribution in [0, 0.1) is 11.8 Å². The number of para-hydroxylation sites is 1. The van der Waals surface area contributed by atoms with Gasteiger partial charge in [-0.1, -0.05) is 25.1 Å². The summed E-state index contributed by atoms with van der Waals surface area (Å²) in [5.41, 5.74) is 0.905. The zero-order chi connectivity index (χ0) is 15.5. The molecule has 3 rings (SSSR count). The Hall–Kier alpha value is -1.88. The Balaban J connectivity index is 1.64. The van der Waals surface area contributed by atoms with E-state index in [-0.39, 0.29) is 17.7 Å². The van der Waals surface area contributed by atoms with Crippen LogP contribution in [0.2, 0.25) is 0 Å². The van der Waals surface area contributed by atoms with Crippen molar-refractivity contribution in [1.29, 1.82) is 0 Å². The fourth-order valence-electron chi connectivity index (χ4n) is 3.06. The SMILES string of the molecule is CC(C(=O)NC1CCCN(c2ccccc2)C1=O)C1CNC1. The number of nitrogens with zero attached hydrogens (tertiary/aromatic N) is 1. The average molecular weight is 301 g/mol. The van der Waals surface area contributed by atoms with Crippen molar-refractivity contribution >= 4 is 17.5 Å². The molecule has 5 nitrogen and oxygen atoms in total. The lowest BCUT2D eigenvalue weighted by atomic mass is 9.88. The van der Waals surface area contributed by atoms with Gasteiger partial charge in [-0.3, -0.25) is 9.59 Å². The fraction of sp³-hybridized carbons (Fsp3) is 0.529. The van der Waals surface area contributed by atoms with E-state index in [0.29, 0.717) is 5.92 Å². The van der Waals surface area contributed by atoms with Crippen LogP contribution < -0.4 is 15.5 Å². The van der Waals surface area contributed by atoms with Crippen LogP contribution in [0.5, 0.6) is 0 Å². The number of rotatable bonds is 4. The summed E-state index contributed by atoms with van der Waals surface area (Å²) in [5.74, 6) is 0.356. The Morgan fingerprint density at radius 3 is 2.68 bits per heavy atom. The third kappa shape index (κ3) is 2.99. The maximum Gasteiger partial charge on any atom is 0.249 e. The normalized spacial score (nSPS) is 23.8. The van der Waals surface area contributed by atoms with E-state index in [2.05, 4.69) is 10.6 Å². The largest absolute Gasteiger partial charge is 0.344 e. The predicted octanol–water partition coefficient (Wildman–Crippen LogP) is 1.15. The molecule has 2 saturated heterocycles. The highest BCUT2D eigenvalue weighted by Gasteiger charge is 2.34. The van der Waals surface area contributed by atoms with Crippen LogP contribution in [0.4, 0.5) is 5.69 Å². The van der Waals surface area contributed by atoms with Crippen LogP contribution in [-0.2, 0) is 9.59 Å². The van der Waals surface area contributed by atoms with E-state index < -0.39 is 6.04 Å². The van der Waals surface area contributed by atoms with Gasteiger partial charge in [-0.05, 0) is 44.0 Å². The molecule has 2 fully saturated rings. The average Bonchev–Trinajstić information content (AvgIpc) is 2.48. The Labute approximate surface area is 131 Å². The summed E-state index contributed by atoms with van der Waals surface area (Å²) in [4.78, 5) is 26.7. The molecule has 118 valence electrons. The topological polar surface area (TPSA) is 61.4 Å². The molecule has 5 heteroatoms. The third-order valence-electron chi connectivity index (χ3n) is 4.76. The number of carbonyl (C=O) groups excluding carboxylic acids is 2. The molecule has 22 heavy (non-hydrogen) atoms. The van der Waals surface area contributed by atoms with Gasteiger partial charge in [0.1, 0.15) is 6.04 Å². The maximum absolute atomic E-state index is 12.6. The molecule has 0 spiro atoms. The maximum atomic E-state index is 12.6. The Morgan fingerprint density at radius 1 is 1.32 bits per heavy atom. The molecule has 1 aromatic rings. The van der Waals surface area contributed by atoms with Crippen LogP contribution in [0.1, 0.15) is 19.8 Å². The molecule has 0 aliphatic carbocycles. The Bertz CT molecular complexity index is 542.